The summed E-state index contributed by atoms with van der Waals surface area (Å²) in [4.78, 5) is 12.5. The quantitative estimate of drug-likeness (QED) is 0.351. The molecule has 0 N–H and O–H groups in total. The van der Waals surface area contributed by atoms with Gasteiger partial charge in [-0.25, -0.2) is 0 Å². The van der Waals surface area contributed by atoms with Crippen LogP contribution in [0.3, 0.4) is 0 Å². The molecule has 6 nitrogen and oxygen atoms in total. The molecule has 0 aliphatic rings. The summed E-state index contributed by atoms with van der Waals surface area (Å²) < 4.78 is 16.3. The highest BCUT2D eigenvalue weighted by atomic mass is 32.2. The van der Waals surface area contributed by atoms with Crippen molar-refractivity contribution in [1.29, 1.82) is 0 Å². The number of hydrogen-bond donors (Lipinski definition) is 0. The minimum absolute atomic E-state index is 0.0208. The lowest BCUT2D eigenvalue weighted by Gasteiger charge is -2.09. The third kappa shape index (κ3) is 4.98. The van der Waals surface area contributed by atoms with Gasteiger partial charge in [0.05, 0.1) is 25.5 Å². The van der Waals surface area contributed by atoms with Gasteiger partial charge in [-0.05, 0) is 30.0 Å². The first-order chi connectivity index (χ1) is 14.0. The Bertz CT molecular complexity index is 969. The number of thioether (sulfide) groups is 1. The Labute approximate surface area is 174 Å². The summed E-state index contributed by atoms with van der Waals surface area (Å²) >= 11 is 1.22. The van der Waals surface area contributed by atoms with Gasteiger partial charge in [0.25, 0.3) is 11.1 Å². The van der Waals surface area contributed by atoms with Crippen molar-refractivity contribution >= 4 is 17.5 Å². The van der Waals surface area contributed by atoms with Crippen LogP contribution < -0.4 is 9.47 Å². The van der Waals surface area contributed by atoms with Crippen LogP contribution in [0.4, 0.5) is 0 Å². The fourth-order valence-electron chi connectivity index (χ4n) is 2.80. The van der Waals surface area contributed by atoms with Crippen molar-refractivity contribution in [3.63, 3.8) is 0 Å². The van der Waals surface area contributed by atoms with Crippen LogP contribution >= 0.6 is 11.8 Å². The van der Waals surface area contributed by atoms with E-state index in [1.165, 1.54) is 17.3 Å². The van der Waals surface area contributed by atoms with E-state index in [1.54, 1.807) is 32.4 Å². The van der Waals surface area contributed by atoms with E-state index in [-0.39, 0.29) is 11.5 Å². The monoisotopic (exact) mass is 412 g/mol. The zero-order valence-electron chi connectivity index (χ0n) is 17.0. The van der Waals surface area contributed by atoms with Crippen molar-refractivity contribution in [3.8, 4) is 23.0 Å². The van der Waals surface area contributed by atoms with Crippen LogP contribution in [0.25, 0.3) is 11.5 Å². The number of carbonyl (C=O) groups is 1. The van der Waals surface area contributed by atoms with Crippen molar-refractivity contribution in [2.75, 3.05) is 20.0 Å². The first-order valence-corrected chi connectivity index (χ1v) is 10.4. The number of rotatable bonds is 9. The van der Waals surface area contributed by atoms with Crippen molar-refractivity contribution in [1.82, 2.24) is 10.2 Å². The number of ether oxygens (including phenoxy) is 2. The molecular weight excluding hydrogens is 388 g/mol. The molecule has 29 heavy (non-hydrogen) atoms. The molecular formula is C22H24N2O4S. The van der Waals surface area contributed by atoms with E-state index in [2.05, 4.69) is 24.0 Å². The fraction of sp³-hybridized carbons (Fsp3) is 0.318. The van der Waals surface area contributed by atoms with Gasteiger partial charge in [-0.3, -0.25) is 4.79 Å². The first kappa shape index (κ1) is 20.9. The number of benzene rings is 2. The molecule has 0 spiro atoms. The maximum Gasteiger partial charge on any atom is 0.277 e. The van der Waals surface area contributed by atoms with Crippen LogP contribution in [0.1, 0.15) is 42.1 Å². The van der Waals surface area contributed by atoms with Crippen molar-refractivity contribution in [2.24, 2.45) is 0 Å². The summed E-state index contributed by atoms with van der Waals surface area (Å²) in [5.41, 5.74) is 2.59. The molecule has 0 amide bonds. The average molecular weight is 413 g/mol. The van der Waals surface area contributed by atoms with E-state index in [9.17, 15) is 4.79 Å². The van der Waals surface area contributed by atoms with E-state index < -0.39 is 0 Å². The van der Waals surface area contributed by atoms with Crippen LogP contribution in [0.2, 0.25) is 0 Å². The number of aromatic nitrogens is 2. The highest BCUT2D eigenvalue weighted by Gasteiger charge is 2.16. The second-order valence-corrected chi connectivity index (χ2v) is 7.51. The number of carbonyl (C=O) groups excluding carboxylic acids is 1. The van der Waals surface area contributed by atoms with Gasteiger partial charge >= 0.3 is 0 Å². The van der Waals surface area contributed by atoms with Crippen LogP contribution in [0.5, 0.6) is 11.5 Å². The molecule has 7 heteroatoms. The lowest BCUT2D eigenvalue weighted by Crippen LogP contribution is -2.03. The Morgan fingerprint density at radius 1 is 1.10 bits per heavy atom. The molecule has 1 aromatic heterocycles. The van der Waals surface area contributed by atoms with Gasteiger partial charge < -0.3 is 13.9 Å². The lowest BCUT2D eigenvalue weighted by atomic mass is 9.97. The summed E-state index contributed by atoms with van der Waals surface area (Å²) in [6.07, 6.45) is 1.07. The van der Waals surface area contributed by atoms with Gasteiger partial charge in [-0.15, -0.1) is 10.2 Å². The van der Waals surface area contributed by atoms with Crippen LogP contribution in [-0.2, 0) is 0 Å². The lowest BCUT2D eigenvalue weighted by molar-refractivity contribution is 0.102. The molecule has 0 aliphatic heterocycles. The van der Waals surface area contributed by atoms with E-state index in [0.29, 0.717) is 39.7 Å². The highest BCUT2D eigenvalue weighted by Crippen LogP contribution is 2.33. The van der Waals surface area contributed by atoms with Crippen molar-refractivity contribution < 1.29 is 18.7 Å². The third-order valence-corrected chi connectivity index (χ3v) is 5.60. The maximum atomic E-state index is 12.5. The second-order valence-electron chi connectivity index (χ2n) is 6.58. The number of hydrogen-bond acceptors (Lipinski definition) is 7. The normalized spacial score (nSPS) is 11.9. The average Bonchev–Trinajstić information content (AvgIpc) is 3.25. The van der Waals surface area contributed by atoms with Gasteiger partial charge in [0, 0.05) is 11.6 Å². The number of ketones is 1. The number of methoxy groups -OCH3 is 2. The molecule has 152 valence electrons. The Morgan fingerprint density at radius 3 is 2.52 bits per heavy atom. The van der Waals surface area contributed by atoms with Crippen molar-refractivity contribution in [2.45, 2.75) is 31.4 Å². The van der Waals surface area contributed by atoms with Crippen LogP contribution in [-0.4, -0.2) is 36.0 Å². The zero-order valence-corrected chi connectivity index (χ0v) is 17.8. The van der Waals surface area contributed by atoms with Gasteiger partial charge in [-0.1, -0.05) is 49.9 Å². The number of nitrogens with zero attached hydrogens (tertiary/aromatic N) is 2. The largest absolute Gasteiger partial charge is 0.497 e. The van der Waals surface area contributed by atoms with Crippen LogP contribution in [0, 0.1) is 0 Å². The van der Waals surface area contributed by atoms with Gasteiger partial charge in [0.1, 0.15) is 11.5 Å². The van der Waals surface area contributed by atoms with Gasteiger partial charge in [0.2, 0.25) is 0 Å². The zero-order chi connectivity index (χ0) is 20.8. The molecule has 0 saturated heterocycles. The van der Waals surface area contributed by atoms with E-state index >= 15 is 0 Å². The summed E-state index contributed by atoms with van der Waals surface area (Å²) in [7, 11) is 3.15. The van der Waals surface area contributed by atoms with E-state index in [1.807, 2.05) is 24.3 Å². The topological polar surface area (TPSA) is 74.5 Å². The molecule has 0 bridgehead atoms. The summed E-state index contributed by atoms with van der Waals surface area (Å²) in [6.45, 7) is 4.33. The summed E-state index contributed by atoms with van der Waals surface area (Å²) in [5.74, 6) is 2.31. The molecule has 1 heterocycles. The molecule has 0 saturated carbocycles. The molecule has 0 radical (unpaired) electrons. The van der Waals surface area contributed by atoms with Gasteiger partial charge in [0.15, 0.2) is 5.78 Å². The van der Waals surface area contributed by atoms with Crippen LogP contribution in [0.15, 0.2) is 52.1 Å². The Morgan fingerprint density at radius 2 is 1.86 bits per heavy atom. The summed E-state index contributed by atoms with van der Waals surface area (Å²) in [6, 6.07) is 13.1. The predicted molar refractivity (Wildman–Crippen MR) is 113 cm³/mol. The molecule has 2 aromatic carbocycles. The first-order valence-electron chi connectivity index (χ1n) is 9.37. The number of Topliss-reactive ketones (excluding diaryl/α,β-unsaturated/α-hetero) is 1. The van der Waals surface area contributed by atoms with E-state index in [4.69, 9.17) is 13.9 Å². The minimum Gasteiger partial charge on any atom is -0.497 e. The Hall–Kier alpha value is -2.80. The summed E-state index contributed by atoms with van der Waals surface area (Å²) in [5, 5.41) is 8.44. The molecule has 0 aliphatic carbocycles. The maximum absolute atomic E-state index is 12.5. The van der Waals surface area contributed by atoms with E-state index in [0.717, 1.165) is 6.42 Å². The molecule has 1 atom stereocenters. The van der Waals surface area contributed by atoms with Gasteiger partial charge in [-0.2, -0.15) is 0 Å². The molecule has 3 rings (SSSR count). The van der Waals surface area contributed by atoms with Crippen molar-refractivity contribution in [3.05, 3.63) is 53.6 Å². The molecule has 3 aromatic rings. The highest BCUT2D eigenvalue weighted by molar-refractivity contribution is 7.99. The third-order valence-electron chi connectivity index (χ3n) is 4.79. The Kier molecular flexibility index (Phi) is 6.93. The SMILES string of the molecule is CC[C@H](C)c1ccc(C(=O)CSc2nnc(-c3ccc(OC)cc3OC)o2)cc1. The fourth-order valence-corrected chi connectivity index (χ4v) is 3.45. The molecule has 0 unspecified atom stereocenters. The minimum atomic E-state index is 0.0208. The predicted octanol–water partition coefficient (Wildman–Crippen LogP) is 5.24. The Balaban J connectivity index is 1.65. The standard InChI is InChI=1S/C22H24N2O4S/c1-5-14(2)15-6-8-16(9-7-15)19(25)13-29-22-24-23-21(28-22)18-11-10-17(26-3)12-20(18)27-4/h6-12,14H,5,13H2,1-4H3/t14-/m0/s1. The smallest absolute Gasteiger partial charge is 0.277 e. The molecule has 0 fully saturated rings. The second kappa shape index (κ2) is 9.60.